The van der Waals surface area contributed by atoms with E-state index in [4.69, 9.17) is 4.74 Å². The quantitative estimate of drug-likeness (QED) is 0.723. The predicted octanol–water partition coefficient (Wildman–Crippen LogP) is 4.94. The summed E-state index contributed by atoms with van der Waals surface area (Å²) in [5, 5.41) is 5.13. The highest BCUT2D eigenvalue weighted by Gasteiger charge is 2.19. The molecule has 3 nitrogen and oxygen atoms in total. The molecule has 122 valence electrons. The molecule has 3 rings (SSSR count). The van der Waals surface area contributed by atoms with Crippen molar-refractivity contribution in [2.24, 2.45) is 0 Å². The van der Waals surface area contributed by atoms with Crippen molar-refractivity contribution in [1.82, 2.24) is 0 Å². The first-order chi connectivity index (χ1) is 11.7. The van der Waals surface area contributed by atoms with Crippen LogP contribution in [0.1, 0.15) is 18.9 Å². The Hall–Kier alpha value is -2.81. The number of hydrogen-bond acceptors (Lipinski definition) is 2. The zero-order valence-corrected chi connectivity index (χ0v) is 14.0. The number of ether oxygens (including phenoxy) is 1. The summed E-state index contributed by atoms with van der Waals surface area (Å²) in [6, 6.07) is 21.6. The highest BCUT2D eigenvalue weighted by atomic mass is 16.5. The van der Waals surface area contributed by atoms with Gasteiger partial charge in [-0.25, -0.2) is 0 Å². The van der Waals surface area contributed by atoms with Crippen LogP contribution in [0.5, 0.6) is 5.75 Å². The number of carbonyl (C=O) groups excluding carboxylic acids is 1. The molecule has 0 saturated heterocycles. The van der Waals surface area contributed by atoms with Crippen molar-refractivity contribution in [3.8, 4) is 5.75 Å². The third kappa shape index (κ3) is 3.57. The van der Waals surface area contributed by atoms with Crippen LogP contribution in [0.2, 0.25) is 0 Å². The maximum Gasteiger partial charge on any atom is 0.265 e. The molecule has 0 radical (unpaired) electrons. The summed E-state index contributed by atoms with van der Waals surface area (Å²) in [6.07, 6.45) is 0.0801. The molecule has 3 aromatic rings. The summed E-state index contributed by atoms with van der Waals surface area (Å²) in [5.41, 5.74) is 1.97. The van der Waals surface area contributed by atoms with Gasteiger partial charge in [0.2, 0.25) is 0 Å². The fourth-order valence-electron chi connectivity index (χ4n) is 2.65. The van der Waals surface area contributed by atoms with Crippen LogP contribution in [-0.4, -0.2) is 12.0 Å². The van der Waals surface area contributed by atoms with Gasteiger partial charge in [0.15, 0.2) is 6.10 Å². The Kier molecular flexibility index (Phi) is 4.80. The van der Waals surface area contributed by atoms with Crippen molar-refractivity contribution in [3.63, 3.8) is 0 Å². The number of hydrogen-bond donors (Lipinski definition) is 1. The van der Waals surface area contributed by atoms with Gasteiger partial charge < -0.3 is 10.1 Å². The first-order valence-electron chi connectivity index (χ1n) is 8.19. The molecule has 0 bridgehead atoms. The Labute approximate surface area is 142 Å². The number of fused-ring (bicyclic) bond motifs is 1. The van der Waals surface area contributed by atoms with Crippen LogP contribution in [0, 0.1) is 6.92 Å². The van der Waals surface area contributed by atoms with Crippen LogP contribution < -0.4 is 10.1 Å². The molecule has 1 N–H and O–H groups in total. The number of rotatable bonds is 5. The Morgan fingerprint density at radius 3 is 2.46 bits per heavy atom. The van der Waals surface area contributed by atoms with Gasteiger partial charge >= 0.3 is 0 Å². The Bertz CT molecular complexity index is 835. The van der Waals surface area contributed by atoms with Crippen molar-refractivity contribution in [1.29, 1.82) is 0 Å². The largest absolute Gasteiger partial charge is 0.481 e. The van der Waals surface area contributed by atoms with Gasteiger partial charge in [-0.15, -0.1) is 0 Å². The third-order valence-electron chi connectivity index (χ3n) is 4.01. The maximum absolute atomic E-state index is 12.6. The molecule has 0 spiro atoms. The molecule has 0 fully saturated rings. The molecule has 0 aliphatic rings. The first-order valence-corrected chi connectivity index (χ1v) is 8.19. The molecule has 0 aromatic heterocycles. The second-order valence-corrected chi connectivity index (χ2v) is 5.84. The summed E-state index contributed by atoms with van der Waals surface area (Å²) in [6.45, 7) is 3.97. The molecule has 0 aliphatic heterocycles. The van der Waals surface area contributed by atoms with Crippen LogP contribution in [0.15, 0.2) is 66.7 Å². The molecule has 0 saturated carbocycles. The fraction of sp³-hybridized carbons (Fsp3) is 0.190. The number of carbonyl (C=O) groups is 1. The molecule has 0 heterocycles. The van der Waals surface area contributed by atoms with Gasteiger partial charge in [0.25, 0.3) is 5.91 Å². The smallest absolute Gasteiger partial charge is 0.265 e. The Morgan fingerprint density at radius 1 is 1.00 bits per heavy atom. The zero-order chi connectivity index (χ0) is 16.9. The standard InChI is InChI=1S/C21H21NO2/c1-3-20(24-17-13-11-15(2)12-14-17)21(23)22-19-10-6-8-16-7-4-5-9-18(16)19/h4-14,20H,3H2,1-2H3,(H,22,23)/t20-/m1/s1. The van der Waals surface area contributed by atoms with Crippen LogP contribution in [0.4, 0.5) is 5.69 Å². The van der Waals surface area contributed by atoms with Crippen molar-refractivity contribution in [3.05, 3.63) is 72.3 Å². The SMILES string of the molecule is CC[C@@H](Oc1ccc(C)cc1)C(=O)Nc1cccc2ccccc12. The van der Waals surface area contributed by atoms with Crippen molar-refractivity contribution < 1.29 is 9.53 Å². The number of anilines is 1. The van der Waals surface area contributed by atoms with Crippen molar-refractivity contribution >= 4 is 22.4 Å². The van der Waals surface area contributed by atoms with E-state index < -0.39 is 6.10 Å². The lowest BCUT2D eigenvalue weighted by Crippen LogP contribution is -2.32. The van der Waals surface area contributed by atoms with Gasteiger partial charge in [-0.2, -0.15) is 0 Å². The van der Waals surface area contributed by atoms with Gasteiger partial charge in [0.05, 0.1) is 0 Å². The van der Waals surface area contributed by atoms with E-state index in [1.807, 2.05) is 80.6 Å². The molecule has 0 unspecified atom stereocenters. The summed E-state index contributed by atoms with van der Waals surface area (Å²) in [7, 11) is 0. The van der Waals surface area contributed by atoms with Crippen molar-refractivity contribution in [2.45, 2.75) is 26.4 Å². The normalized spacial score (nSPS) is 11.9. The van der Waals surface area contributed by atoms with E-state index in [9.17, 15) is 4.79 Å². The number of amides is 1. The lowest BCUT2D eigenvalue weighted by atomic mass is 10.1. The summed E-state index contributed by atoms with van der Waals surface area (Å²) in [5.74, 6) is 0.579. The van der Waals surface area contributed by atoms with Gasteiger partial charge in [0.1, 0.15) is 5.75 Å². The van der Waals surface area contributed by atoms with Gasteiger partial charge in [0, 0.05) is 11.1 Å². The highest BCUT2D eigenvalue weighted by Crippen LogP contribution is 2.23. The fourth-order valence-corrected chi connectivity index (χ4v) is 2.65. The summed E-state index contributed by atoms with van der Waals surface area (Å²) in [4.78, 5) is 12.6. The number of aryl methyl sites for hydroxylation is 1. The predicted molar refractivity (Wildman–Crippen MR) is 98.5 cm³/mol. The minimum absolute atomic E-state index is 0.130. The van der Waals surface area contributed by atoms with E-state index >= 15 is 0 Å². The maximum atomic E-state index is 12.6. The Morgan fingerprint density at radius 2 is 1.71 bits per heavy atom. The zero-order valence-electron chi connectivity index (χ0n) is 14.0. The summed E-state index contributed by atoms with van der Waals surface area (Å²) >= 11 is 0. The van der Waals surface area contributed by atoms with Gasteiger partial charge in [-0.05, 0) is 36.9 Å². The molecule has 1 amide bonds. The van der Waals surface area contributed by atoms with E-state index in [1.165, 1.54) is 0 Å². The van der Waals surface area contributed by atoms with Crippen molar-refractivity contribution in [2.75, 3.05) is 5.32 Å². The van der Waals surface area contributed by atoms with Crippen LogP contribution in [0.25, 0.3) is 10.8 Å². The van der Waals surface area contributed by atoms with E-state index in [2.05, 4.69) is 5.32 Å². The van der Waals surface area contributed by atoms with E-state index in [0.717, 1.165) is 22.0 Å². The molecule has 24 heavy (non-hydrogen) atoms. The van der Waals surface area contributed by atoms with Gasteiger partial charge in [-0.1, -0.05) is 61.0 Å². The summed E-state index contributed by atoms with van der Waals surface area (Å²) < 4.78 is 5.85. The second kappa shape index (κ2) is 7.18. The highest BCUT2D eigenvalue weighted by molar-refractivity contribution is 6.03. The van der Waals surface area contributed by atoms with E-state index in [1.54, 1.807) is 0 Å². The topological polar surface area (TPSA) is 38.3 Å². The van der Waals surface area contributed by atoms with Gasteiger partial charge in [-0.3, -0.25) is 4.79 Å². The number of benzene rings is 3. The van der Waals surface area contributed by atoms with Crippen LogP contribution in [0.3, 0.4) is 0 Å². The lowest BCUT2D eigenvalue weighted by Gasteiger charge is -2.18. The van der Waals surface area contributed by atoms with Crippen LogP contribution >= 0.6 is 0 Å². The number of nitrogens with one attached hydrogen (secondary N) is 1. The third-order valence-corrected chi connectivity index (χ3v) is 4.01. The van der Waals surface area contributed by atoms with E-state index in [0.29, 0.717) is 12.2 Å². The second-order valence-electron chi connectivity index (χ2n) is 5.84. The molecule has 0 aliphatic carbocycles. The molecular weight excluding hydrogens is 298 g/mol. The molecule has 3 aromatic carbocycles. The first kappa shape index (κ1) is 16.1. The minimum Gasteiger partial charge on any atom is -0.481 e. The average molecular weight is 319 g/mol. The monoisotopic (exact) mass is 319 g/mol. The molecule has 3 heteroatoms. The molecule has 1 atom stereocenters. The van der Waals surface area contributed by atoms with Crippen LogP contribution in [-0.2, 0) is 4.79 Å². The minimum atomic E-state index is -0.522. The van der Waals surface area contributed by atoms with E-state index in [-0.39, 0.29) is 5.91 Å². The Balaban J connectivity index is 1.77. The molecular formula is C21H21NO2. The lowest BCUT2D eigenvalue weighted by molar-refractivity contribution is -0.122. The average Bonchev–Trinajstić information content (AvgIpc) is 2.61.